The lowest BCUT2D eigenvalue weighted by Gasteiger charge is -2.43. The molecular formula is C39H53N5O9S. The lowest BCUT2D eigenvalue weighted by atomic mass is 9.85. The highest BCUT2D eigenvalue weighted by molar-refractivity contribution is 7.91. The summed E-state index contributed by atoms with van der Waals surface area (Å²) in [5, 5.41) is 14.9. The first-order chi connectivity index (χ1) is 25.3. The first-order valence-electron chi connectivity index (χ1n) is 18.8. The molecule has 4 aliphatic rings. The van der Waals surface area contributed by atoms with Gasteiger partial charge in [0, 0.05) is 34.8 Å². The van der Waals surface area contributed by atoms with E-state index in [9.17, 15) is 27.9 Å². The van der Waals surface area contributed by atoms with Gasteiger partial charge in [-0.3, -0.25) is 24.0 Å². The Balaban J connectivity index is 1.40. The normalized spacial score (nSPS) is 30.5. The van der Waals surface area contributed by atoms with E-state index in [0.717, 1.165) is 11.8 Å². The molecule has 0 unspecified atom stereocenters. The van der Waals surface area contributed by atoms with Crippen LogP contribution in [0.3, 0.4) is 0 Å². The summed E-state index contributed by atoms with van der Waals surface area (Å²) in [5.74, 6) is -1.91. The van der Waals surface area contributed by atoms with Crippen LogP contribution in [0.15, 0.2) is 42.6 Å². The zero-order valence-electron chi connectivity index (χ0n) is 32.1. The molecule has 3 fully saturated rings. The smallest absolute Gasteiger partial charge is 0.408 e. The maximum Gasteiger partial charge on any atom is 0.408 e. The van der Waals surface area contributed by atoms with Gasteiger partial charge in [0.2, 0.25) is 27.7 Å². The number of nitrogens with zero attached hydrogens (tertiary/aromatic N) is 3. The maximum absolute atomic E-state index is 15.0. The Hall–Kier alpha value is -4.40. The lowest BCUT2D eigenvalue weighted by molar-refractivity contribution is -0.146. The number of benzene rings is 1. The first-order valence-corrected chi connectivity index (χ1v) is 20.3. The fourth-order valence-electron chi connectivity index (χ4n) is 8.15. The summed E-state index contributed by atoms with van der Waals surface area (Å²) in [6.07, 6.45) is 6.36. The molecule has 0 spiro atoms. The largest absolute Gasteiger partial charge is 0.496 e. The monoisotopic (exact) mass is 767 g/mol. The molecule has 2 aliphatic carbocycles. The summed E-state index contributed by atoms with van der Waals surface area (Å²) < 4.78 is 39.6. The molecule has 294 valence electrons. The first kappa shape index (κ1) is 39.3. The number of pyridine rings is 1. The molecule has 54 heavy (non-hydrogen) atoms. The van der Waals surface area contributed by atoms with Crippen molar-refractivity contribution in [2.75, 3.05) is 13.7 Å². The summed E-state index contributed by atoms with van der Waals surface area (Å²) in [7, 11) is -2.45. The van der Waals surface area contributed by atoms with Gasteiger partial charge >= 0.3 is 6.09 Å². The molecule has 3 N–H and O–H groups in total. The number of amides is 4. The van der Waals surface area contributed by atoms with E-state index in [0.29, 0.717) is 36.8 Å². The van der Waals surface area contributed by atoms with Crippen molar-refractivity contribution in [2.24, 2.45) is 17.8 Å². The Morgan fingerprint density at radius 2 is 1.83 bits per heavy atom. The number of allylic oxidation sites excluding steroid dienone is 1. The number of methoxy groups -OCH3 is 1. The molecular weight excluding hydrogens is 715 g/mol. The molecule has 0 bridgehead atoms. The fourth-order valence-corrected chi connectivity index (χ4v) is 9.46. The number of rotatable bonds is 7. The van der Waals surface area contributed by atoms with Crippen LogP contribution in [0.1, 0.15) is 86.5 Å². The summed E-state index contributed by atoms with van der Waals surface area (Å²) in [6.45, 7) is 10.6. The van der Waals surface area contributed by atoms with Crippen LogP contribution in [-0.4, -0.2) is 99.8 Å². The van der Waals surface area contributed by atoms with E-state index in [-0.39, 0.29) is 31.2 Å². The highest BCUT2D eigenvalue weighted by atomic mass is 32.2. The number of fused-ring (bicyclic) bond motifs is 3. The average molecular weight is 768 g/mol. The third-order valence-corrected chi connectivity index (χ3v) is 13.8. The van der Waals surface area contributed by atoms with Crippen LogP contribution >= 0.6 is 0 Å². The van der Waals surface area contributed by atoms with Crippen molar-refractivity contribution in [2.45, 2.75) is 121 Å². The second kappa shape index (κ2) is 14.3. The molecule has 2 aliphatic heterocycles. The summed E-state index contributed by atoms with van der Waals surface area (Å²) in [4.78, 5) is 63.5. The van der Waals surface area contributed by atoms with E-state index in [4.69, 9.17) is 9.47 Å². The Bertz CT molecular complexity index is 1960. The van der Waals surface area contributed by atoms with E-state index in [1.165, 1.54) is 9.80 Å². The van der Waals surface area contributed by atoms with Gasteiger partial charge in [0.1, 0.15) is 29.5 Å². The van der Waals surface area contributed by atoms with Gasteiger partial charge < -0.3 is 24.8 Å². The van der Waals surface area contributed by atoms with Gasteiger partial charge in [-0.1, -0.05) is 32.1 Å². The summed E-state index contributed by atoms with van der Waals surface area (Å²) in [5.41, 5.74) is -2.52. The maximum atomic E-state index is 15.0. The molecule has 2 aromatic rings. The van der Waals surface area contributed by atoms with Crippen LogP contribution in [-0.2, 0) is 24.4 Å². The number of hydrogen-bond acceptors (Lipinski definition) is 9. The lowest BCUT2D eigenvalue weighted by Crippen LogP contribution is -2.62. The van der Waals surface area contributed by atoms with Crippen molar-refractivity contribution in [1.82, 2.24) is 24.8 Å². The van der Waals surface area contributed by atoms with Crippen LogP contribution in [0.25, 0.3) is 10.8 Å². The van der Waals surface area contributed by atoms with Crippen LogP contribution in [0.5, 0.6) is 11.6 Å². The van der Waals surface area contributed by atoms with Gasteiger partial charge in [-0.2, -0.15) is 0 Å². The molecule has 3 heterocycles. The topological polar surface area (TPSA) is 185 Å². The number of nitrogens with one attached hydrogen (secondary N) is 2. The Labute approximate surface area is 317 Å². The molecule has 6 rings (SSSR count). The van der Waals surface area contributed by atoms with Crippen molar-refractivity contribution in [3.05, 3.63) is 42.6 Å². The van der Waals surface area contributed by atoms with Gasteiger partial charge in [0.05, 0.1) is 18.4 Å². The summed E-state index contributed by atoms with van der Waals surface area (Å²) in [6, 6.07) is 4.93. The van der Waals surface area contributed by atoms with Crippen molar-refractivity contribution < 1.29 is 42.2 Å². The Kier molecular flexibility index (Phi) is 10.4. The predicted molar refractivity (Wildman–Crippen MR) is 201 cm³/mol. The third kappa shape index (κ3) is 7.47. The molecule has 4 amide bonds. The molecule has 1 saturated heterocycles. The third-order valence-electron chi connectivity index (χ3n) is 11.6. The van der Waals surface area contributed by atoms with E-state index in [1.807, 2.05) is 31.2 Å². The SMILES string of the molecule is COc1cccc2c(O[C@@H]3C[C@H]4C(=O)N[C@]5(C(=O)NS(=O)(=O)C6(C)CC6)C[C@H]5/C=C\CC[C@@H](C)C[C@@H](C)[C@H](N(C(=O)O)C(C)(C)C)C(=O)N4C3)nccc12. The van der Waals surface area contributed by atoms with Crippen LogP contribution in [0.4, 0.5) is 4.79 Å². The molecule has 0 radical (unpaired) electrons. The van der Waals surface area contributed by atoms with Crippen molar-refractivity contribution in [3.63, 3.8) is 0 Å². The number of aromatic nitrogens is 1. The van der Waals surface area contributed by atoms with Gasteiger partial charge in [-0.25, -0.2) is 18.2 Å². The number of hydrogen-bond donors (Lipinski definition) is 3. The number of sulfonamides is 1. The van der Waals surface area contributed by atoms with Gasteiger partial charge in [0.25, 0.3) is 5.91 Å². The number of carbonyl (C=O) groups excluding carboxylic acids is 3. The van der Waals surface area contributed by atoms with Crippen molar-refractivity contribution in [1.29, 1.82) is 0 Å². The fraction of sp³-hybridized carbons (Fsp3) is 0.615. The van der Waals surface area contributed by atoms with Crippen molar-refractivity contribution >= 4 is 44.6 Å². The van der Waals surface area contributed by atoms with E-state index < -0.39 is 79.7 Å². The van der Waals surface area contributed by atoms with Gasteiger partial charge in [-0.05, 0) is 96.3 Å². The number of carbonyl (C=O) groups is 4. The predicted octanol–water partition coefficient (Wildman–Crippen LogP) is 4.62. The average Bonchev–Trinajstić information content (AvgIpc) is 3.97. The van der Waals surface area contributed by atoms with Crippen molar-refractivity contribution in [3.8, 4) is 11.6 Å². The molecule has 2 saturated carbocycles. The second-order valence-electron chi connectivity index (χ2n) is 16.9. The molecule has 14 nitrogen and oxygen atoms in total. The zero-order valence-corrected chi connectivity index (χ0v) is 32.9. The zero-order chi connectivity index (χ0) is 39.4. The van der Waals surface area contributed by atoms with Gasteiger partial charge in [-0.15, -0.1) is 0 Å². The molecule has 1 aromatic heterocycles. The Morgan fingerprint density at radius 1 is 1.11 bits per heavy atom. The van der Waals surface area contributed by atoms with E-state index in [1.54, 1.807) is 53.1 Å². The van der Waals surface area contributed by atoms with Crippen LogP contribution < -0.4 is 19.5 Å². The number of ether oxygens (including phenoxy) is 2. The highest BCUT2D eigenvalue weighted by Gasteiger charge is 2.63. The summed E-state index contributed by atoms with van der Waals surface area (Å²) >= 11 is 0. The molecule has 7 atom stereocenters. The minimum atomic E-state index is -4.01. The highest BCUT2D eigenvalue weighted by Crippen LogP contribution is 2.48. The standard InChI is InChI=1S/C39H53N5O9S/c1-23-11-8-9-12-25-21-39(25,35(47)42-54(50,51)38(6)16-17-38)41-32(45)29-20-26(53-33-28-13-10-14-30(52-7)27(28)15-18-40-33)22-43(29)34(46)31(24(2)19-23)44(36(48)49)37(3,4)5/h9-10,12-15,18,23-26,29,31H,8,11,16-17,19-22H2,1-7H3,(H,41,45)(H,42,47)(H,48,49)/b12-9-/t23-,24-,25-,26-,29+,31+,39-/m1/s1. The quantitative estimate of drug-likeness (QED) is 0.336. The van der Waals surface area contributed by atoms with E-state index in [2.05, 4.69) is 21.9 Å². The minimum Gasteiger partial charge on any atom is -0.496 e. The van der Waals surface area contributed by atoms with Crippen LogP contribution in [0, 0.1) is 17.8 Å². The molecule has 15 heteroatoms. The number of carboxylic acid groups (broad SMARTS) is 1. The van der Waals surface area contributed by atoms with E-state index >= 15 is 4.79 Å². The molecule has 1 aromatic carbocycles. The van der Waals surface area contributed by atoms with Crippen LogP contribution in [0.2, 0.25) is 0 Å². The second-order valence-corrected chi connectivity index (χ2v) is 19.1. The Morgan fingerprint density at radius 3 is 2.48 bits per heavy atom. The minimum absolute atomic E-state index is 0.00821. The van der Waals surface area contributed by atoms with Gasteiger partial charge in [0.15, 0.2) is 0 Å².